The lowest BCUT2D eigenvalue weighted by atomic mass is 10.1. The molecule has 0 bridgehead atoms. The van der Waals surface area contributed by atoms with Crippen LogP contribution in [-0.2, 0) is 4.79 Å². The largest absolute Gasteiger partial charge is 0.291 e. The zero-order chi connectivity index (χ0) is 19.7. The Bertz CT molecular complexity index is 1020. The highest BCUT2D eigenvalue weighted by Gasteiger charge is 2.38. The van der Waals surface area contributed by atoms with Crippen LogP contribution in [0.25, 0.3) is 6.08 Å². The number of carbonyl (C=O) groups is 1. The average molecular weight is 406 g/mol. The third-order valence-electron chi connectivity index (χ3n) is 4.75. The summed E-state index contributed by atoms with van der Waals surface area (Å²) in [5, 5.41) is 0.569. The number of halogens is 1. The van der Waals surface area contributed by atoms with Crippen molar-refractivity contribution in [3.63, 3.8) is 0 Å². The van der Waals surface area contributed by atoms with Crippen molar-refractivity contribution in [1.29, 1.82) is 0 Å². The average Bonchev–Trinajstić information content (AvgIpc) is 3.01. The van der Waals surface area contributed by atoms with Crippen LogP contribution >= 0.6 is 23.4 Å². The third-order valence-corrected chi connectivity index (χ3v) is 6.25. The van der Waals surface area contributed by atoms with Crippen molar-refractivity contribution >= 4 is 41.0 Å². The lowest BCUT2D eigenvalue weighted by Crippen LogP contribution is -2.27. The van der Waals surface area contributed by atoms with E-state index < -0.39 is 0 Å². The zero-order valence-corrected chi connectivity index (χ0v) is 17.3. The third kappa shape index (κ3) is 3.87. The molecule has 4 rings (SSSR count). The van der Waals surface area contributed by atoms with E-state index in [9.17, 15) is 4.79 Å². The first-order valence-electron chi connectivity index (χ1n) is 9.12. The van der Waals surface area contributed by atoms with Crippen molar-refractivity contribution in [1.82, 2.24) is 0 Å². The van der Waals surface area contributed by atoms with E-state index in [1.165, 1.54) is 11.1 Å². The molecule has 0 unspecified atom stereocenters. The highest BCUT2D eigenvalue weighted by atomic mass is 35.5. The predicted octanol–water partition coefficient (Wildman–Crippen LogP) is 6.78. The maximum Gasteiger partial charge on any atom is 0.266 e. The van der Waals surface area contributed by atoms with Crippen LogP contribution in [0.15, 0.2) is 77.7 Å². The molecule has 0 aromatic heterocycles. The van der Waals surface area contributed by atoms with Gasteiger partial charge < -0.3 is 0 Å². The molecular weight excluding hydrogens is 386 g/mol. The van der Waals surface area contributed by atoms with Crippen molar-refractivity contribution in [3.05, 3.63) is 105 Å². The molecule has 1 fully saturated rings. The standard InChI is InChI=1S/C24H20ClNOS/c1-16-3-7-18(8-4-16)15-22-23(27)26(21-13-5-17(2)6-14-21)24(28-22)19-9-11-20(25)12-10-19/h3-15,24H,1-2H3/b22-15-/t24-/m0/s1. The maximum absolute atomic E-state index is 13.3. The molecule has 1 saturated heterocycles. The second-order valence-electron chi connectivity index (χ2n) is 6.95. The van der Waals surface area contributed by atoms with Crippen LogP contribution in [-0.4, -0.2) is 5.91 Å². The van der Waals surface area contributed by atoms with Crippen LogP contribution in [0, 0.1) is 13.8 Å². The van der Waals surface area contributed by atoms with Gasteiger partial charge in [0.05, 0.1) is 4.91 Å². The van der Waals surface area contributed by atoms with Crippen molar-refractivity contribution in [2.75, 3.05) is 4.90 Å². The maximum atomic E-state index is 13.3. The fourth-order valence-electron chi connectivity index (χ4n) is 3.16. The van der Waals surface area contributed by atoms with Gasteiger partial charge in [-0.25, -0.2) is 0 Å². The molecule has 4 heteroatoms. The molecular formula is C24H20ClNOS. The summed E-state index contributed by atoms with van der Waals surface area (Å²) < 4.78 is 0. The topological polar surface area (TPSA) is 20.3 Å². The number of anilines is 1. The lowest BCUT2D eigenvalue weighted by molar-refractivity contribution is -0.114. The summed E-state index contributed by atoms with van der Waals surface area (Å²) in [6.07, 6.45) is 1.98. The van der Waals surface area contributed by atoms with Gasteiger partial charge in [0.15, 0.2) is 0 Å². The van der Waals surface area contributed by atoms with Gasteiger partial charge in [0.1, 0.15) is 5.37 Å². The van der Waals surface area contributed by atoms with E-state index in [1.807, 2.05) is 78.6 Å². The molecule has 3 aromatic carbocycles. The molecule has 1 aliphatic heterocycles. The molecule has 1 atom stereocenters. The second kappa shape index (κ2) is 7.86. The summed E-state index contributed by atoms with van der Waals surface area (Å²) in [6.45, 7) is 4.10. The smallest absolute Gasteiger partial charge is 0.266 e. The summed E-state index contributed by atoms with van der Waals surface area (Å²) in [4.78, 5) is 15.9. The number of aryl methyl sites for hydroxylation is 2. The van der Waals surface area contributed by atoms with Gasteiger partial charge in [0.2, 0.25) is 0 Å². The SMILES string of the molecule is Cc1ccc(/C=C2\S[C@@H](c3ccc(Cl)cc3)N(c3ccc(C)cc3)C2=O)cc1. The first-order chi connectivity index (χ1) is 13.5. The number of rotatable bonds is 3. The summed E-state index contributed by atoms with van der Waals surface area (Å²) >= 11 is 7.65. The summed E-state index contributed by atoms with van der Waals surface area (Å²) in [5.74, 6) is 0.0226. The van der Waals surface area contributed by atoms with Crippen LogP contribution in [0.2, 0.25) is 5.02 Å². The Hall–Kier alpha value is -2.49. The molecule has 0 saturated carbocycles. The van der Waals surface area contributed by atoms with Crippen molar-refractivity contribution < 1.29 is 4.79 Å². The fraction of sp³-hybridized carbons (Fsp3) is 0.125. The molecule has 1 amide bonds. The van der Waals surface area contributed by atoms with Crippen LogP contribution in [0.3, 0.4) is 0 Å². The Morgan fingerprint density at radius 3 is 2.04 bits per heavy atom. The van der Waals surface area contributed by atoms with Gasteiger partial charge >= 0.3 is 0 Å². The normalized spacial score (nSPS) is 18.1. The van der Waals surface area contributed by atoms with Crippen LogP contribution in [0.5, 0.6) is 0 Å². The first kappa shape index (κ1) is 18.9. The van der Waals surface area contributed by atoms with Gasteiger partial charge in [-0.1, -0.05) is 83.0 Å². The van der Waals surface area contributed by atoms with E-state index >= 15 is 0 Å². The summed E-state index contributed by atoms with van der Waals surface area (Å²) in [6, 6.07) is 24.0. The molecule has 3 aromatic rings. The number of amides is 1. The van der Waals surface area contributed by atoms with Crippen LogP contribution < -0.4 is 4.90 Å². The number of carbonyl (C=O) groups excluding carboxylic acids is 1. The zero-order valence-electron chi connectivity index (χ0n) is 15.7. The van der Waals surface area contributed by atoms with Gasteiger partial charge in [-0.15, -0.1) is 0 Å². The second-order valence-corrected chi connectivity index (χ2v) is 8.51. The molecule has 140 valence electrons. The molecule has 0 aliphatic carbocycles. The Kier molecular flexibility index (Phi) is 5.29. The summed E-state index contributed by atoms with van der Waals surface area (Å²) in [7, 11) is 0. The number of benzene rings is 3. The van der Waals surface area contributed by atoms with Crippen molar-refractivity contribution in [2.45, 2.75) is 19.2 Å². The summed E-state index contributed by atoms with van der Waals surface area (Å²) in [5.41, 5.74) is 5.35. The van der Waals surface area contributed by atoms with E-state index in [0.29, 0.717) is 5.02 Å². The van der Waals surface area contributed by atoms with E-state index in [-0.39, 0.29) is 11.3 Å². The number of nitrogens with zero attached hydrogens (tertiary/aromatic N) is 1. The minimum absolute atomic E-state index is 0.0226. The molecule has 1 heterocycles. The Labute approximate surface area is 174 Å². The first-order valence-corrected chi connectivity index (χ1v) is 10.4. The van der Waals surface area contributed by atoms with Gasteiger partial charge in [0, 0.05) is 10.7 Å². The molecule has 0 radical (unpaired) electrons. The van der Waals surface area contributed by atoms with Gasteiger partial charge in [0.25, 0.3) is 5.91 Å². The molecule has 2 nitrogen and oxygen atoms in total. The Balaban J connectivity index is 1.75. The quantitative estimate of drug-likeness (QED) is 0.448. The Morgan fingerprint density at radius 2 is 1.43 bits per heavy atom. The van der Waals surface area contributed by atoms with E-state index in [0.717, 1.165) is 21.7 Å². The molecule has 0 N–H and O–H groups in total. The van der Waals surface area contributed by atoms with Crippen LogP contribution in [0.1, 0.15) is 27.6 Å². The van der Waals surface area contributed by atoms with E-state index in [2.05, 4.69) is 19.1 Å². The predicted molar refractivity (Wildman–Crippen MR) is 120 cm³/mol. The van der Waals surface area contributed by atoms with Gasteiger partial charge in [-0.3, -0.25) is 9.69 Å². The number of hydrogen-bond donors (Lipinski definition) is 0. The van der Waals surface area contributed by atoms with Crippen molar-refractivity contribution in [2.24, 2.45) is 0 Å². The van der Waals surface area contributed by atoms with Gasteiger partial charge in [-0.2, -0.15) is 0 Å². The number of thioether (sulfide) groups is 1. The minimum atomic E-state index is -0.121. The minimum Gasteiger partial charge on any atom is -0.291 e. The molecule has 28 heavy (non-hydrogen) atoms. The fourth-order valence-corrected chi connectivity index (χ4v) is 4.55. The Morgan fingerprint density at radius 1 is 0.857 bits per heavy atom. The highest BCUT2D eigenvalue weighted by Crippen LogP contribution is 2.48. The molecule has 0 spiro atoms. The lowest BCUT2D eigenvalue weighted by Gasteiger charge is -2.24. The van der Waals surface area contributed by atoms with Crippen LogP contribution in [0.4, 0.5) is 5.69 Å². The number of hydrogen-bond acceptors (Lipinski definition) is 2. The van der Waals surface area contributed by atoms with Gasteiger partial charge in [-0.05, 0) is 55.3 Å². The van der Waals surface area contributed by atoms with Crippen molar-refractivity contribution in [3.8, 4) is 0 Å². The highest BCUT2D eigenvalue weighted by molar-refractivity contribution is 8.05. The monoisotopic (exact) mass is 405 g/mol. The van der Waals surface area contributed by atoms with E-state index in [4.69, 9.17) is 11.6 Å². The molecule has 1 aliphatic rings. The van der Waals surface area contributed by atoms with E-state index in [1.54, 1.807) is 11.8 Å².